The van der Waals surface area contributed by atoms with Crippen LogP contribution in [-0.2, 0) is 26.5 Å². The highest BCUT2D eigenvalue weighted by Gasteiger charge is 2.29. The second kappa shape index (κ2) is 8.20. The molecule has 1 saturated heterocycles. The number of nitrogens with zero attached hydrogens (tertiary/aromatic N) is 1. The summed E-state index contributed by atoms with van der Waals surface area (Å²) in [7, 11) is -5.25. The molecule has 2 aromatic rings. The van der Waals surface area contributed by atoms with Crippen LogP contribution in [0.2, 0.25) is 0 Å². The molecular weight excluding hydrogens is 398 g/mol. The topological polar surface area (TPSA) is 88.0 Å². The Bertz CT molecular complexity index is 1010. The molecule has 1 heterocycles. The summed E-state index contributed by atoms with van der Waals surface area (Å²) in [4.78, 5) is 1.65. The highest BCUT2D eigenvalue weighted by molar-refractivity contribution is 7.92. The van der Waals surface area contributed by atoms with E-state index in [0.29, 0.717) is 18.8 Å². The number of quaternary nitrogens is 1. The van der Waals surface area contributed by atoms with Crippen molar-refractivity contribution in [3.63, 3.8) is 0 Å². The molecule has 9 heteroatoms. The maximum atomic E-state index is 12.8. The lowest BCUT2D eigenvalue weighted by Crippen LogP contribution is -3.12. The minimum Gasteiger partial charge on any atom is -0.335 e. The second-order valence-electron chi connectivity index (χ2n) is 6.99. The van der Waals surface area contributed by atoms with Crippen molar-refractivity contribution in [3.8, 4) is 0 Å². The van der Waals surface area contributed by atoms with E-state index in [9.17, 15) is 16.8 Å². The number of benzene rings is 2. The van der Waals surface area contributed by atoms with Gasteiger partial charge in [-0.15, -0.1) is 0 Å². The average Bonchev–Trinajstić information content (AvgIpc) is 2.68. The van der Waals surface area contributed by atoms with Gasteiger partial charge in [0.1, 0.15) is 0 Å². The van der Waals surface area contributed by atoms with Gasteiger partial charge < -0.3 is 4.90 Å². The molecule has 0 saturated carbocycles. The molecule has 152 valence electrons. The first kappa shape index (κ1) is 20.8. The van der Waals surface area contributed by atoms with Gasteiger partial charge in [-0.05, 0) is 48.4 Å². The molecule has 3 rings (SSSR count). The minimum atomic E-state index is -3.73. The van der Waals surface area contributed by atoms with Gasteiger partial charge >= 0.3 is 0 Å². The van der Waals surface area contributed by atoms with E-state index in [1.54, 1.807) is 24.3 Å². The minimum absolute atomic E-state index is 0.168. The van der Waals surface area contributed by atoms with Crippen molar-refractivity contribution < 1.29 is 21.7 Å². The molecule has 0 radical (unpaired) electrons. The van der Waals surface area contributed by atoms with Gasteiger partial charge in [0.25, 0.3) is 10.0 Å². The van der Waals surface area contributed by atoms with E-state index >= 15 is 0 Å². The van der Waals surface area contributed by atoms with Gasteiger partial charge in [0.2, 0.25) is 10.0 Å². The number of rotatable bonds is 6. The summed E-state index contributed by atoms with van der Waals surface area (Å²) < 4.78 is 54.5. The Morgan fingerprint density at radius 3 is 1.96 bits per heavy atom. The van der Waals surface area contributed by atoms with Crippen LogP contribution < -0.4 is 9.62 Å². The molecule has 2 N–H and O–H groups in total. The Labute approximate surface area is 167 Å². The molecule has 0 aliphatic carbocycles. The Hall–Kier alpha value is -1.94. The number of piperazine rings is 1. The van der Waals surface area contributed by atoms with E-state index in [1.165, 1.54) is 33.5 Å². The van der Waals surface area contributed by atoms with Crippen LogP contribution in [0.5, 0.6) is 0 Å². The maximum absolute atomic E-state index is 12.8. The van der Waals surface area contributed by atoms with Crippen LogP contribution in [0.25, 0.3) is 0 Å². The second-order valence-corrected chi connectivity index (χ2v) is 10.6. The third kappa shape index (κ3) is 4.54. The molecule has 1 fully saturated rings. The fourth-order valence-corrected chi connectivity index (χ4v) is 5.57. The molecule has 0 atom stereocenters. The number of sulfonamides is 2. The van der Waals surface area contributed by atoms with E-state index in [-0.39, 0.29) is 9.79 Å². The fourth-order valence-electron chi connectivity index (χ4n) is 3.07. The Balaban J connectivity index is 1.75. The van der Waals surface area contributed by atoms with Crippen LogP contribution in [-0.4, -0.2) is 54.4 Å². The number of aryl methyl sites for hydroxylation is 1. The summed E-state index contributed by atoms with van der Waals surface area (Å²) in [6.07, 6.45) is 0.832. The number of anilines is 1. The van der Waals surface area contributed by atoms with Crippen molar-refractivity contribution in [2.45, 2.75) is 23.1 Å². The van der Waals surface area contributed by atoms with Gasteiger partial charge in [0.15, 0.2) is 0 Å². The zero-order chi connectivity index (χ0) is 20.4. The van der Waals surface area contributed by atoms with Crippen molar-refractivity contribution >= 4 is 25.7 Å². The Morgan fingerprint density at radius 2 is 1.43 bits per heavy atom. The third-order valence-electron chi connectivity index (χ3n) is 4.96. The average molecular weight is 425 g/mol. The van der Waals surface area contributed by atoms with Crippen molar-refractivity contribution in [1.29, 1.82) is 0 Å². The fraction of sp³-hybridized carbons (Fsp3) is 0.368. The van der Waals surface area contributed by atoms with Gasteiger partial charge in [-0.1, -0.05) is 19.1 Å². The quantitative estimate of drug-likeness (QED) is 0.710. The molecule has 7 nitrogen and oxygen atoms in total. The van der Waals surface area contributed by atoms with Crippen LogP contribution in [0.3, 0.4) is 0 Å². The van der Waals surface area contributed by atoms with Crippen LogP contribution >= 0.6 is 0 Å². The predicted molar refractivity (Wildman–Crippen MR) is 108 cm³/mol. The SMILES string of the molecule is CCc1ccc(S(=O)(=O)Nc2ccc(S(=O)(=O)N3CC[NH+](C)CC3)cc2)cc1. The lowest BCUT2D eigenvalue weighted by atomic mass is 10.2. The first-order valence-corrected chi connectivity index (χ1v) is 12.2. The Kier molecular flexibility index (Phi) is 6.09. The highest BCUT2D eigenvalue weighted by Crippen LogP contribution is 2.21. The first-order valence-electron chi connectivity index (χ1n) is 9.25. The van der Waals surface area contributed by atoms with Crippen LogP contribution in [0, 0.1) is 0 Å². The summed E-state index contributed by atoms with van der Waals surface area (Å²) in [5.74, 6) is 0. The first-order chi connectivity index (χ1) is 13.2. The zero-order valence-corrected chi connectivity index (χ0v) is 17.7. The summed E-state index contributed by atoms with van der Waals surface area (Å²) in [6, 6.07) is 12.5. The molecular formula is C19H26N3O4S2+. The zero-order valence-electron chi connectivity index (χ0n) is 16.1. The smallest absolute Gasteiger partial charge is 0.261 e. The maximum Gasteiger partial charge on any atom is 0.261 e. The van der Waals surface area contributed by atoms with Crippen molar-refractivity contribution in [2.75, 3.05) is 37.9 Å². The van der Waals surface area contributed by atoms with Crippen molar-refractivity contribution in [3.05, 3.63) is 54.1 Å². The van der Waals surface area contributed by atoms with E-state index < -0.39 is 20.0 Å². The molecule has 0 amide bonds. The van der Waals surface area contributed by atoms with Gasteiger partial charge in [0.05, 0.1) is 43.0 Å². The summed E-state index contributed by atoms with van der Waals surface area (Å²) >= 11 is 0. The largest absolute Gasteiger partial charge is 0.335 e. The van der Waals surface area contributed by atoms with E-state index in [1.807, 2.05) is 14.0 Å². The molecule has 2 aromatic carbocycles. The lowest BCUT2D eigenvalue weighted by Gasteiger charge is -2.29. The number of nitrogens with one attached hydrogen (secondary N) is 2. The van der Waals surface area contributed by atoms with E-state index in [0.717, 1.165) is 25.1 Å². The molecule has 28 heavy (non-hydrogen) atoms. The lowest BCUT2D eigenvalue weighted by molar-refractivity contribution is -0.883. The molecule has 0 spiro atoms. The van der Waals surface area contributed by atoms with E-state index in [2.05, 4.69) is 4.72 Å². The molecule has 0 bridgehead atoms. The molecule has 0 unspecified atom stereocenters. The molecule has 1 aliphatic rings. The monoisotopic (exact) mass is 424 g/mol. The van der Waals surface area contributed by atoms with Crippen molar-refractivity contribution in [1.82, 2.24) is 4.31 Å². The number of hydrogen-bond acceptors (Lipinski definition) is 4. The summed E-state index contributed by atoms with van der Waals surface area (Å²) in [5, 5.41) is 0. The Morgan fingerprint density at radius 1 is 0.893 bits per heavy atom. The van der Waals surface area contributed by atoms with Crippen LogP contribution in [0.4, 0.5) is 5.69 Å². The van der Waals surface area contributed by atoms with Crippen molar-refractivity contribution in [2.24, 2.45) is 0 Å². The number of hydrogen-bond donors (Lipinski definition) is 2. The molecule has 1 aliphatic heterocycles. The highest BCUT2D eigenvalue weighted by atomic mass is 32.2. The van der Waals surface area contributed by atoms with Crippen LogP contribution in [0.15, 0.2) is 58.3 Å². The predicted octanol–water partition coefficient (Wildman–Crippen LogP) is 0.569. The molecule has 0 aromatic heterocycles. The van der Waals surface area contributed by atoms with Gasteiger partial charge in [-0.2, -0.15) is 4.31 Å². The normalized spacial score (nSPS) is 16.8. The van der Waals surface area contributed by atoms with Gasteiger partial charge in [-0.3, -0.25) is 4.72 Å². The van der Waals surface area contributed by atoms with E-state index in [4.69, 9.17) is 0 Å². The third-order valence-corrected chi connectivity index (χ3v) is 8.27. The summed E-state index contributed by atoms with van der Waals surface area (Å²) in [6.45, 7) is 4.51. The van der Waals surface area contributed by atoms with Gasteiger partial charge in [-0.25, -0.2) is 16.8 Å². The van der Waals surface area contributed by atoms with Crippen LogP contribution in [0.1, 0.15) is 12.5 Å². The van der Waals surface area contributed by atoms with Gasteiger partial charge in [0, 0.05) is 5.69 Å². The number of likely N-dealkylation sites (N-methyl/N-ethyl adjacent to an activating group) is 1. The standard InChI is InChI=1S/C19H25N3O4S2/c1-3-16-4-8-18(9-5-16)27(23,24)20-17-6-10-19(11-7-17)28(25,26)22-14-12-21(2)13-15-22/h4-11,20H,3,12-15H2,1-2H3/p+1. The summed E-state index contributed by atoms with van der Waals surface area (Å²) in [5.41, 5.74) is 1.38.